The van der Waals surface area contributed by atoms with E-state index >= 15 is 0 Å². The van der Waals surface area contributed by atoms with Crippen molar-refractivity contribution in [2.24, 2.45) is 11.3 Å². The van der Waals surface area contributed by atoms with E-state index in [-0.39, 0.29) is 5.41 Å². The van der Waals surface area contributed by atoms with Gasteiger partial charge in [-0.1, -0.05) is 13.8 Å². The van der Waals surface area contributed by atoms with Crippen LogP contribution in [0.2, 0.25) is 0 Å². The molecule has 1 N–H and O–H groups in total. The van der Waals surface area contributed by atoms with Crippen LogP contribution in [0, 0.1) is 11.3 Å². The van der Waals surface area contributed by atoms with Gasteiger partial charge in [0.05, 0.1) is 17.7 Å². The van der Waals surface area contributed by atoms with Crippen LogP contribution in [0.5, 0.6) is 0 Å². The number of ether oxygens (including phenoxy) is 1. The summed E-state index contributed by atoms with van der Waals surface area (Å²) in [4.78, 5) is 11.0. The molecule has 3 atom stereocenters. The average molecular weight is 273 g/mol. The van der Waals surface area contributed by atoms with Gasteiger partial charge >= 0.3 is 0 Å². The van der Waals surface area contributed by atoms with E-state index in [1.54, 1.807) is 12.5 Å². The van der Waals surface area contributed by atoms with Crippen LogP contribution in [0.1, 0.15) is 20.3 Å². The van der Waals surface area contributed by atoms with Crippen LogP contribution in [0.15, 0.2) is 12.5 Å². The minimum absolute atomic E-state index is 0.150. The van der Waals surface area contributed by atoms with Gasteiger partial charge < -0.3 is 9.64 Å². The van der Waals surface area contributed by atoms with Gasteiger partial charge in [-0.3, -0.25) is 5.10 Å². The van der Waals surface area contributed by atoms with E-state index in [0.717, 1.165) is 29.9 Å². The van der Waals surface area contributed by atoms with Crippen molar-refractivity contribution in [1.82, 2.24) is 20.2 Å². The van der Waals surface area contributed by atoms with Crippen LogP contribution >= 0.6 is 0 Å². The van der Waals surface area contributed by atoms with Crippen LogP contribution in [-0.4, -0.2) is 46.0 Å². The van der Waals surface area contributed by atoms with Crippen LogP contribution in [0.25, 0.3) is 11.0 Å². The first-order valence-electron chi connectivity index (χ1n) is 7.09. The van der Waals surface area contributed by atoms with Crippen LogP contribution in [0.3, 0.4) is 0 Å². The summed E-state index contributed by atoms with van der Waals surface area (Å²) in [5.41, 5.74) is 0.940. The van der Waals surface area contributed by atoms with Crippen molar-refractivity contribution in [1.29, 1.82) is 0 Å². The summed E-state index contributed by atoms with van der Waals surface area (Å²) in [5, 5.41) is 7.96. The van der Waals surface area contributed by atoms with Crippen molar-refractivity contribution < 1.29 is 4.74 Å². The largest absolute Gasteiger partial charge is 0.377 e. The number of hydrogen-bond donors (Lipinski definition) is 1. The first-order chi connectivity index (χ1) is 9.60. The average Bonchev–Trinajstić information content (AvgIpc) is 3.04. The van der Waals surface area contributed by atoms with Crippen molar-refractivity contribution in [3.63, 3.8) is 0 Å². The summed E-state index contributed by atoms with van der Waals surface area (Å²) < 4.78 is 5.88. The van der Waals surface area contributed by atoms with Crippen molar-refractivity contribution in [2.75, 3.05) is 18.6 Å². The zero-order valence-corrected chi connectivity index (χ0v) is 12.0. The molecule has 2 aromatic heterocycles. The summed E-state index contributed by atoms with van der Waals surface area (Å²) in [7, 11) is 2.12. The van der Waals surface area contributed by atoms with Crippen molar-refractivity contribution in [3.8, 4) is 0 Å². The zero-order chi connectivity index (χ0) is 13.9. The molecule has 0 radical (unpaired) electrons. The zero-order valence-electron chi connectivity index (χ0n) is 12.0. The van der Waals surface area contributed by atoms with Gasteiger partial charge in [0, 0.05) is 31.0 Å². The van der Waals surface area contributed by atoms with Gasteiger partial charge in [0.1, 0.15) is 12.1 Å². The molecule has 20 heavy (non-hydrogen) atoms. The first-order valence-corrected chi connectivity index (χ1v) is 7.09. The molecule has 4 rings (SSSR count). The predicted octanol–water partition coefficient (Wildman–Crippen LogP) is 1.60. The molecule has 1 saturated carbocycles. The lowest BCUT2D eigenvalue weighted by Gasteiger charge is -2.58. The Bertz CT molecular complexity index is 652. The number of rotatable bonds is 2. The van der Waals surface area contributed by atoms with Crippen LogP contribution in [-0.2, 0) is 4.74 Å². The molecule has 6 nitrogen and oxygen atoms in total. The molecule has 6 heteroatoms. The molecule has 0 amide bonds. The highest BCUT2D eigenvalue weighted by atomic mass is 16.5. The number of nitrogens with zero attached hydrogens (tertiary/aromatic N) is 4. The fourth-order valence-electron chi connectivity index (χ4n) is 4.25. The van der Waals surface area contributed by atoms with E-state index in [2.05, 4.69) is 46.0 Å². The minimum Gasteiger partial charge on any atom is -0.377 e. The molecule has 3 unspecified atom stereocenters. The van der Waals surface area contributed by atoms with E-state index in [9.17, 15) is 0 Å². The fourth-order valence-corrected chi connectivity index (χ4v) is 4.25. The number of H-pyrrole nitrogens is 1. The van der Waals surface area contributed by atoms with Crippen LogP contribution in [0.4, 0.5) is 5.82 Å². The Labute approximate surface area is 117 Å². The van der Waals surface area contributed by atoms with Gasteiger partial charge in [-0.15, -0.1) is 0 Å². The van der Waals surface area contributed by atoms with E-state index in [4.69, 9.17) is 4.74 Å². The maximum atomic E-state index is 5.88. The van der Waals surface area contributed by atoms with Gasteiger partial charge in [0.15, 0.2) is 5.65 Å². The van der Waals surface area contributed by atoms with Crippen LogP contribution < -0.4 is 4.90 Å². The lowest BCUT2D eigenvalue weighted by molar-refractivity contribution is -0.101. The lowest BCUT2D eigenvalue weighted by Crippen LogP contribution is -2.66. The summed E-state index contributed by atoms with van der Waals surface area (Å²) in [6.45, 7) is 5.46. The van der Waals surface area contributed by atoms with E-state index in [0.29, 0.717) is 18.1 Å². The molecular weight excluding hydrogens is 254 g/mol. The van der Waals surface area contributed by atoms with Gasteiger partial charge in [-0.05, 0) is 6.42 Å². The molecule has 2 aromatic rings. The third kappa shape index (κ3) is 1.40. The van der Waals surface area contributed by atoms with Gasteiger partial charge in [-0.2, -0.15) is 5.10 Å². The molecule has 3 heterocycles. The number of aromatic amines is 1. The Kier molecular flexibility index (Phi) is 2.36. The molecule has 1 saturated heterocycles. The maximum Gasteiger partial charge on any atom is 0.160 e. The van der Waals surface area contributed by atoms with Crippen molar-refractivity contribution in [3.05, 3.63) is 12.5 Å². The van der Waals surface area contributed by atoms with Gasteiger partial charge in [-0.25, -0.2) is 9.97 Å². The van der Waals surface area contributed by atoms with E-state index in [1.165, 1.54) is 0 Å². The molecule has 0 bridgehead atoms. The topological polar surface area (TPSA) is 66.9 Å². The first kappa shape index (κ1) is 12.1. The summed E-state index contributed by atoms with van der Waals surface area (Å²) >= 11 is 0. The quantitative estimate of drug-likeness (QED) is 0.900. The normalized spacial score (nSPS) is 31.1. The molecule has 1 aliphatic heterocycles. The summed E-state index contributed by atoms with van der Waals surface area (Å²) in [6, 6.07) is 0.447. The minimum atomic E-state index is 0.150. The Morgan fingerprint density at radius 1 is 1.40 bits per heavy atom. The highest BCUT2D eigenvalue weighted by Gasteiger charge is 2.61. The third-order valence-electron chi connectivity index (χ3n) is 5.02. The number of fused-ring (bicyclic) bond motifs is 2. The number of aromatic nitrogens is 4. The van der Waals surface area contributed by atoms with E-state index in [1.807, 2.05) is 0 Å². The number of nitrogens with one attached hydrogen (secondary N) is 1. The van der Waals surface area contributed by atoms with Crippen molar-refractivity contribution >= 4 is 16.9 Å². The Balaban J connectivity index is 1.74. The highest BCUT2D eigenvalue weighted by Crippen LogP contribution is 2.54. The molecule has 2 fully saturated rings. The second kappa shape index (κ2) is 3.91. The second-order valence-electron chi connectivity index (χ2n) is 6.45. The standard InChI is InChI=1S/C14H19N5O/c1-14(2)10(8-4-5-20-11(8)14)19(3)13-9-6-17-18-12(9)15-7-16-13/h6-8,10-11H,4-5H2,1-3H3,(H,15,16,17,18). The van der Waals surface area contributed by atoms with Gasteiger partial charge in [0.2, 0.25) is 0 Å². The second-order valence-corrected chi connectivity index (χ2v) is 6.45. The molecule has 1 aliphatic carbocycles. The van der Waals surface area contributed by atoms with E-state index < -0.39 is 0 Å². The third-order valence-corrected chi connectivity index (χ3v) is 5.02. The number of hydrogen-bond acceptors (Lipinski definition) is 5. The SMILES string of the molecule is CN(c1ncnc2[nH]ncc12)C1C2CCOC2C1(C)C. The monoisotopic (exact) mass is 273 g/mol. The Hall–Kier alpha value is -1.69. The predicted molar refractivity (Wildman–Crippen MR) is 75.5 cm³/mol. The summed E-state index contributed by atoms with van der Waals surface area (Å²) in [6.07, 6.45) is 4.93. The molecular formula is C14H19N5O. The summed E-state index contributed by atoms with van der Waals surface area (Å²) in [5.74, 6) is 1.55. The molecule has 2 aliphatic rings. The molecule has 106 valence electrons. The number of anilines is 1. The molecule has 0 spiro atoms. The van der Waals surface area contributed by atoms with Gasteiger partial charge in [0.25, 0.3) is 0 Å². The smallest absolute Gasteiger partial charge is 0.160 e. The molecule has 0 aromatic carbocycles. The Morgan fingerprint density at radius 3 is 3.10 bits per heavy atom. The maximum absolute atomic E-state index is 5.88. The fraction of sp³-hybridized carbons (Fsp3) is 0.643. The van der Waals surface area contributed by atoms with Crippen molar-refractivity contribution in [2.45, 2.75) is 32.4 Å². The highest BCUT2D eigenvalue weighted by molar-refractivity contribution is 5.86. The Morgan fingerprint density at radius 2 is 2.25 bits per heavy atom. The lowest BCUT2D eigenvalue weighted by atomic mass is 9.57.